The molecular formula is C10H17N3O2. The van der Waals surface area contributed by atoms with Gasteiger partial charge in [0.1, 0.15) is 5.78 Å². The van der Waals surface area contributed by atoms with Gasteiger partial charge in [-0.05, 0) is 14.1 Å². The lowest BCUT2D eigenvalue weighted by Crippen LogP contribution is -2.15. The van der Waals surface area contributed by atoms with Crippen LogP contribution >= 0.6 is 0 Å². The Balaban J connectivity index is 2.45. The predicted molar refractivity (Wildman–Crippen MR) is 55.6 cm³/mol. The summed E-state index contributed by atoms with van der Waals surface area (Å²) in [4.78, 5) is 17.3. The summed E-state index contributed by atoms with van der Waals surface area (Å²) in [5, 5.41) is 3.81. The number of rotatable bonds is 6. The third-order valence-electron chi connectivity index (χ3n) is 2.04. The second-order valence-electron chi connectivity index (χ2n) is 3.73. The van der Waals surface area contributed by atoms with Gasteiger partial charge in [0.2, 0.25) is 5.89 Å². The molecule has 0 aliphatic rings. The maximum absolute atomic E-state index is 11.1. The van der Waals surface area contributed by atoms with Crippen molar-refractivity contribution in [2.45, 2.75) is 26.2 Å². The van der Waals surface area contributed by atoms with Crippen molar-refractivity contribution < 1.29 is 9.32 Å². The van der Waals surface area contributed by atoms with Gasteiger partial charge in [-0.25, -0.2) is 0 Å². The second kappa shape index (κ2) is 5.60. The number of hydrogen-bond acceptors (Lipinski definition) is 5. The summed E-state index contributed by atoms with van der Waals surface area (Å²) in [6, 6.07) is 0. The van der Waals surface area contributed by atoms with E-state index in [-0.39, 0.29) is 12.2 Å². The van der Waals surface area contributed by atoms with E-state index in [1.54, 1.807) is 0 Å². The summed E-state index contributed by atoms with van der Waals surface area (Å²) in [7, 11) is 3.98. The molecular weight excluding hydrogens is 194 g/mol. The Hall–Kier alpha value is -1.23. The molecule has 0 fully saturated rings. The molecule has 0 aliphatic heterocycles. The van der Waals surface area contributed by atoms with E-state index in [0.29, 0.717) is 18.1 Å². The van der Waals surface area contributed by atoms with Crippen LogP contribution < -0.4 is 0 Å². The van der Waals surface area contributed by atoms with Gasteiger partial charge in [0, 0.05) is 19.4 Å². The Morgan fingerprint density at radius 2 is 2.20 bits per heavy atom. The molecule has 0 aliphatic carbocycles. The zero-order valence-corrected chi connectivity index (χ0v) is 9.49. The number of carbonyl (C=O) groups is 1. The number of nitrogens with zero attached hydrogens (tertiary/aromatic N) is 3. The summed E-state index contributed by atoms with van der Waals surface area (Å²) in [5.41, 5.74) is 0. The molecule has 0 radical (unpaired) electrons. The molecule has 0 amide bonds. The molecule has 0 saturated carbocycles. The molecule has 1 rings (SSSR count). The zero-order valence-electron chi connectivity index (χ0n) is 9.49. The quantitative estimate of drug-likeness (QED) is 0.693. The zero-order chi connectivity index (χ0) is 11.3. The van der Waals surface area contributed by atoms with Crippen LogP contribution in [0.2, 0.25) is 0 Å². The number of likely N-dealkylation sites (N-methyl/N-ethyl adjacent to an activating group) is 1. The lowest BCUT2D eigenvalue weighted by molar-refractivity contribution is -0.118. The van der Waals surface area contributed by atoms with Crippen LogP contribution in [-0.2, 0) is 17.6 Å². The van der Waals surface area contributed by atoms with Crippen molar-refractivity contribution in [3.05, 3.63) is 11.7 Å². The van der Waals surface area contributed by atoms with Crippen molar-refractivity contribution in [3.63, 3.8) is 0 Å². The van der Waals surface area contributed by atoms with Crippen LogP contribution in [-0.4, -0.2) is 41.5 Å². The first-order chi connectivity index (χ1) is 7.11. The van der Waals surface area contributed by atoms with E-state index < -0.39 is 0 Å². The summed E-state index contributed by atoms with van der Waals surface area (Å²) in [5.74, 6) is 1.22. The number of Topliss-reactive ketones (excluding diaryl/α,β-unsaturated/α-hetero) is 1. The van der Waals surface area contributed by atoms with E-state index in [0.717, 1.165) is 13.0 Å². The van der Waals surface area contributed by atoms with E-state index in [2.05, 4.69) is 10.1 Å². The summed E-state index contributed by atoms with van der Waals surface area (Å²) in [6.07, 6.45) is 1.51. The average Bonchev–Trinajstić information content (AvgIpc) is 2.62. The van der Waals surface area contributed by atoms with Gasteiger partial charge >= 0.3 is 0 Å². The van der Waals surface area contributed by atoms with Crippen molar-refractivity contribution in [3.8, 4) is 0 Å². The van der Waals surface area contributed by atoms with Crippen molar-refractivity contribution in [2.75, 3.05) is 20.6 Å². The van der Waals surface area contributed by atoms with Crippen LogP contribution in [0.3, 0.4) is 0 Å². The maximum atomic E-state index is 11.1. The van der Waals surface area contributed by atoms with Gasteiger partial charge in [0.05, 0.1) is 6.42 Å². The Morgan fingerprint density at radius 1 is 1.47 bits per heavy atom. The highest BCUT2D eigenvalue weighted by Gasteiger charge is 2.09. The number of hydrogen-bond donors (Lipinski definition) is 0. The summed E-state index contributed by atoms with van der Waals surface area (Å²) < 4.78 is 4.97. The van der Waals surface area contributed by atoms with Crippen LogP contribution in [0.4, 0.5) is 0 Å². The van der Waals surface area contributed by atoms with Gasteiger partial charge in [-0.2, -0.15) is 4.98 Å². The number of aromatic nitrogens is 2. The Kier molecular flexibility index (Phi) is 4.42. The van der Waals surface area contributed by atoms with Gasteiger partial charge in [-0.15, -0.1) is 0 Å². The van der Waals surface area contributed by atoms with Crippen LogP contribution in [0.5, 0.6) is 0 Å². The van der Waals surface area contributed by atoms with Crippen LogP contribution in [0.1, 0.15) is 25.1 Å². The minimum atomic E-state index is 0.123. The first kappa shape index (κ1) is 11.8. The molecule has 1 heterocycles. The Morgan fingerprint density at radius 3 is 2.80 bits per heavy atom. The Labute approximate surface area is 89.5 Å². The molecule has 0 spiro atoms. The first-order valence-electron chi connectivity index (χ1n) is 5.09. The van der Waals surface area contributed by atoms with Gasteiger partial charge in [-0.1, -0.05) is 12.1 Å². The highest BCUT2D eigenvalue weighted by Crippen LogP contribution is 2.01. The standard InChI is InChI=1S/C10H17N3O2/c1-4-8(14)7-10-11-9(12-15-10)5-6-13(2)3/h4-7H2,1-3H3. The van der Waals surface area contributed by atoms with Crippen molar-refractivity contribution >= 4 is 5.78 Å². The fraction of sp³-hybridized carbons (Fsp3) is 0.700. The average molecular weight is 211 g/mol. The molecule has 0 unspecified atom stereocenters. The minimum absolute atomic E-state index is 0.123. The van der Waals surface area contributed by atoms with Crippen LogP contribution in [0, 0.1) is 0 Å². The van der Waals surface area contributed by atoms with Crippen molar-refractivity contribution in [1.29, 1.82) is 0 Å². The fourth-order valence-corrected chi connectivity index (χ4v) is 1.08. The minimum Gasteiger partial charge on any atom is -0.339 e. The smallest absolute Gasteiger partial charge is 0.234 e. The Bertz CT molecular complexity index is 320. The third-order valence-corrected chi connectivity index (χ3v) is 2.04. The normalized spacial score (nSPS) is 10.9. The third kappa shape index (κ3) is 4.20. The lowest BCUT2D eigenvalue weighted by Gasteiger charge is -2.05. The SMILES string of the molecule is CCC(=O)Cc1nc(CCN(C)C)no1. The van der Waals surface area contributed by atoms with Gasteiger partial charge in [0.15, 0.2) is 5.82 Å². The van der Waals surface area contributed by atoms with E-state index in [1.165, 1.54) is 0 Å². The molecule has 0 bridgehead atoms. The van der Waals surface area contributed by atoms with E-state index in [4.69, 9.17) is 4.52 Å². The predicted octanol–water partition coefficient (Wildman–Crippen LogP) is 0.695. The molecule has 5 nitrogen and oxygen atoms in total. The molecule has 0 aromatic carbocycles. The fourth-order valence-electron chi connectivity index (χ4n) is 1.08. The highest BCUT2D eigenvalue weighted by molar-refractivity contribution is 5.79. The second-order valence-corrected chi connectivity index (χ2v) is 3.73. The summed E-state index contributed by atoms with van der Waals surface area (Å²) in [6.45, 7) is 2.70. The van der Waals surface area contributed by atoms with E-state index in [9.17, 15) is 4.79 Å². The number of ketones is 1. The molecule has 84 valence electrons. The van der Waals surface area contributed by atoms with E-state index >= 15 is 0 Å². The highest BCUT2D eigenvalue weighted by atomic mass is 16.5. The lowest BCUT2D eigenvalue weighted by atomic mass is 10.2. The molecule has 0 saturated heterocycles. The molecule has 5 heteroatoms. The van der Waals surface area contributed by atoms with E-state index in [1.807, 2.05) is 25.9 Å². The van der Waals surface area contributed by atoms with Crippen molar-refractivity contribution in [1.82, 2.24) is 15.0 Å². The van der Waals surface area contributed by atoms with Gasteiger partial charge in [0.25, 0.3) is 0 Å². The van der Waals surface area contributed by atoms with Crippen LogP contribution in [0.25, 0.3) is 0 Å². The number of carbonyl (C=O) groups excluding carboxylic acids is 1. The molecule has 1 aromatic heterocycles. The largest absolute Gasteiger partial charge is 0.339 e. The molecule has 0 N–H and O–H groups in total. The van der Waals surface area contributed by atoms with Gasteiger partial charge in [-0.3, -0.25) is 4.79 Å². The first-order valence-corrected chi connectivity index (χ1v) is 5.09. The molecule has 0 atom stereocenters. The monoisotopic (exact) mass is 211 g/mol. The van der Waals surface area contributed by atoms with Crippen LogP contribution in [0.15, 0.2) is 4.52 Å². The van der Waals surface area contributed by atoms with Crippen molar-refractivity contribution in [2.24, 2.45) is 0 Å². The topological polar surface area (TPSA) is 59.2 Å². The summed E-state index contributed by atoms with van der Waals surface area (Å²) >= 11 is 0. The molecule has 15 heavy (non-hydrogen) atoms. The maximum Gasteiger partial charge on any atom is 0.234 e. The molecule has 1 aromatic rings. The van der Waals surface area contributed by atoms with Gasteiger partial charge < -0.3 is 9.42 Å².